The van der Waals surface area contributed by atoms with Crippen LogP contribution in [0.15, 0.2) is 45.1 Å². The Kier molecular flexibility index (Phi) is 4.17. The number of fused-ring (bicyclic) bond motifs is 1. The highest BCUT2D eigenvalue weighted by Gasteiger charge is 2.30. The predicted octanol–water partition coefficient (Wildman–Crippen LogP) is 4.32. The number of ether oxygens (including phenoxy) is 1. The van der Waals surface area contributed by atoms with Crippen molar-refractivity contribution in [1.82, 2.24) is 5.32 Å². The SMILES string of the molecule is CNC(c1sccc1Br)C1CSc2ccccc2O1. The smallest absolute Gasteiger partial charge is 0.133 e. The van der Waals surface area contributed by atoms with E-state index in [0.29, 0.717) is 0 Å². The lowest BCUT2D eigenvalue weighted by molar-refractivity contribution is 0.172. The lowest BCUT2D eigenvalue weighted by Gasteiger charge is -2.31. The van der Waals surface area contributed by atoms with Crippen LogP contribution < -0.4 is 10.1 Å². The van der Waals surface area contributed by atoms with Crippen LogP contribution in [0.25, 0.3) is 0 Å². The monoisotopic (exact) mass is 355 g/mol. The third-order valence-corrected chi connectivity index (χ3v) is 6.24. The first-order valence-electron chi connectivity index (χ1n) is 6.08. The van der Waals surface area contributed by atoms with Crippen LogP contribution in [0.3, 0.4) is 0 Å². The zero-order valence-electron chi connectivity index (χ0n) is 10.4. The first-order chi connectivity index (χ1) is 9.29. The Hall–Kier alpha value is -0.490. The molecule has 0 saturated heterocycles. The van der Waals surface area contributed by atoms with Crippen LogP contribution in [0.5, 0.6) is 5.75 Å². The highest BCUT2D eigenvalue weighted by Crippen LogP contribution is 2.40. The van der Waals surface area contributed by atoms with E-state index < -0.39 is 0 Å². The number of nitrogens with one attached hydrogen (secondary N) is 1. The van der Waals surface area contributed by atoms with Crippen molar-refractivity contribution in [1.29, 1.82) is 0 Å². The second kappa shape index (κ2) is 5.87. The highest BCUT2D eigenvalue weighted by atomic mass is 79.9. The highest BCUT2D eigenvalue weighted by molar-refractivity contribution is 9.10. The Morgan fingerprint density at radius 1 is 1.37 bits per heavy atom. The van der Waals surface area contributed by atoms with Gasteiger partial charge in [0.2, 0.25) is 0 Å². The van der Waals surface area contributed by atoms with E-state index in [1.165, 1.54) is 9.77 Å². The summed E-state index contributed by atoms with van der Waals surface area (Å²) in [6.45, 7) is 0. The van der Waals surface area contributed by atoms with E-state index in [0.717, 1.165) is 16.0 Å². The third-order valence-electron chi connectivity index (χ3n) is 3.14. The van der Waals surface area contributed by atoms with Gasteiger partial charge >= 0.3 is 0 Å². The van der Waals surface area contributed by atoms with Gasteiger partial charge in [-0.3, -0.25) is 0 Å². The molecule has 1 aromatic heterocycles. The normalized spacial score (nSPS) is 19.6. The number of rotatable bonds is 3. The Balaban J connectivity index is 1.85. The van der Waals surface area contributed by atoms with Crippen molar-refractivity contribution < 1.29 is 4.74 Å². The maximum atomic E-state index is 6.17. The lowest BCUT2D eigenvalue weighted by atomic mass is 10.1. The molecule has 5 heteroatoms. The van der Waals surface area contributed by atoms with Crippen LogP contribution in [-0.2, 0) is 0 Å². The van der Waals surface area contributed by atoms with Crippen molar-refractivity contribution in [2.24, 2.45) is 0 Å². The van der Waals surface area contributed by atoms with Gasteiger partial charge < -0.3 is 10.1 Å². The fraction of sp³-hybridized carbons (Fsp3) is 0.286. The van der Waals surface area contributed by atoms with Gasteiger partial charge in [0.25, 0.3) is 0 Å². The first-order valence-corrected chi connectivity index (χ1v) is 8.74. The summed E-state index contributed by atoms with van der Waals surface area (Å²) >= 11 is 7.24. The number of thiophene rings is 1. The van der Waals surface area contributed by atoms with Crippen molar-refractivity contribution >= 4 is 39.0 Å². The average Bonchev–Trinajstić information content (AvgIpc) is 2.86. The summed E-state index contributed by atoms with van der Waals surface area (Å²) in [5.74, 6) is 1.96. The Morgan fingerprint density at radius 3 is 2.95 bits per heavy atom. The average molecular weight is 356 g/mol. The van der Waals surface area contributed by atoms with Gasteiger partial charge in [-0.1, -0.05) is 12.1 Å². The summed E-state index contributed by atoms with van der Waals surface area (Å²) < 4.78 is 7.32. The summed E-state index contributed by atoms with van der Waals surface area (Å²) in [6.07, 6.45) is 0.153. The molecule has 2 nitrogen and oxygen atoms in total. The summed E-state index contributed by atoms with van der Waals surface area (Å²) in [7, 11) is 1.99. The van der Waals surface area contributed by atoms with E-state index in [1.807, 2.05) is 30.9 Å². The molecule has 0 bridgehead atoms. The molecule has 0 radical (unpaired) electrons. The topological polar surface area (TPSA) is 21.3 Å². The summed E-state index contributed by atoms with van der Waals surface area (Å²) in [6, 6.07) is 10.6. The zero-order chi connectivity index (χ0) is 13.2. The van der Waals surface area contributed by atoms with Crippen molar-refractivity contribution in [3.8, 4) is 5.75 Å². The predicted molar refractivity (Wildman–Crippen MR) is 85.4 cm³/mol. The minimum Gasteiger partial charge on any atom is -0.486 e. The molecule has 3 rings (SSSR count). The summed E-state index contributed by atoms with van der Waals surface area (Å²) in [5, 5.41) is 5.49. The molecule has 2 aromatic rings. The second-order valence-electron chi connectivity index (χ2n) is 4.31. The number of hydrogen-bond donors (Lipinski definition) is 1. The number of thioether (sulfide) groups is 1. The molecular weight excluding hydrogens is 342 g/mol. The fourth-order valence-corrected chi connectivity index (χ4v) is 5.03. The number of benzene rings is 1. The Morgan fingerprint density at radius 2 is 2.21 bits per heavy atom. The third kappa shape index (κ3) is 2.70. The second-order valence-corrected chi connectivity index (χ2v) is 7.18. The van der Waals surface area contributed by atoms with Crippen molar-refractivity contribution in [2.75, 3.05) is 12.8 Å². The van der Waals surface area contributed by atoms with Gasteiger partial charge in [-0.2, -0.15) is 0 Å². The number of likely N-dealkylation sites (N-methyl/N-ethyl adjacent to an activating group) is 1. The van der Waals surface area contributed by atoms with E-state index in [-0.39, 0.29) is 12.1 Å². The molecule has 100 valence electrons. The van der Waals surface area contributed by atoms with Gasteiger partial charge in [-0.25, -0.2) is 0 Å². The van der Waals surface area contributed by atoms with E-state index >= 15 is 0 Å². The molecule has 0 aliphatic carbocycles. The number of hydrogen-bond acceptors (Lipinski definition) is 4. The van der Waals surface area contributed by atoms with Crippen LogP contribution in [0.1, 0.15) is 10.9 Å². The molecule has 2 unspecified atom stereocenters. The molecule has 1 aliphatic heterocycles. The van der Waals surface area contributed by atoms with Crippen LogP contribution in [-0.4, -0.2) is 18.9 Å². The van der Waals surface area contributed by atoms with Gasteiger partial charge in [0.15, 0.2) is 0 Å². The van der Waals surface area contributed by atoms with Crippen LogP contribution >= 0.6 is 39.0 Å². The maximum Gasteiger partial charge on any atom is 0.133 e. The lowest BCUT2D eigenvalue weighted by Crippen LogP contribution is -2.37. The molecule has 1 N–H and O–H groups in total. The maximum absolute atomic E-state index is 6.17. The van der Waals surface area contributed by atoms with Gasteiger partial charge in [-0.05, 0) is 46.6 Å². The van der Waals surface area contributed by atoms with Gasteiger partial charge in [0, 0.05) is 20.0 Å². The summed E-state index contributed by atoms with van der Waals surface area (Å²) in [5.41, 5.74) is 0. The molecule has 19 heavy (non-hydrogen) atoms. The standard InChI is InChI=1S/C14H14BrNOS2/c1-16-13(14-9(15)6-7-18-14)11-8-19-12-5-3-2-4-10(12)17-11/h2-7,11,13,16H,8H2,1H3. The van der Waals surface area contributed by atoms with Crippen molar-refractivity contribution in [2.45, 2.75) is 17.0 Å². The van der Waals surface area contributed by atoms with Gasteiger partial charge in [-0.15, -0.1) is 23.1 Å². The number of para-hydroxylation sites is 1. The first kappa shape index (κ1) is 13.5. The van der Waals surface area contributed by atoms with Gasteiger partial charge in [0.1, 0.15) is 11.9 Å². The Labute approximate surface area is 129 Å². The largest absolute Gasteiger partial charge is 0.486 e. The van der Waals surface area contributed by atoms with Crippen molar-refractivity contribution in [3.05, 3.63) is 45.1 Å². The van der Waals surface area contributed by atoms with E-state index in [9.17, 15) is 0 Å². The fourth-order valence-electron chi connectivity index (χ4n) is 2.21. The minimum absolute atomic E-state index is 0.153. The Bertz CT molecular complexity index is 572. The molecule has 1 aliphatic rings. The van der Waals surface area contributed by atoms with Crippen LogP contribution in [0, 0.1) is 0 Å². The van der Waals surface area contributed by atoms with E-state index in [1.54, 1.807) is 11.3 Å². The molecular formula is C14H14BrNOS2. The van der Waals surface area contributed by atoms with Crippen molar-refractivity contribution in [3.63, 3.8) is 0 Å². The van der Waals surface area contributed by atoms with Crippen LogP contribution in [0.4, 0.5) is 0 Å². The quantitative estimate of drug-likeness (QED) is 0.885. The molecule has 0 spiro atoms. The van der Waals surface area contributed by atoms with E-state index in [2.05, 4.69) is 44.8 Å². The van der Waals surface area contributed by atoms with Gasteiger partial charge in [0.05, 0.1) is 6.04 Å². The molecule has 0 amide bonds. The number of halogens is 1. The molecule has 2 atom stereocenters. The molecule has 2 heterocycles. The minimum atomic E-state index is 0.153. The molecule has 1 aromatic carbocycles. The molecule has 0 fully saturated rings. The summed E-state index contributed by atoms with van der Waals surface area (Å²) in [4.78, 5) is 2.53. The zero-order valence-corrected chi connectivity index (χ0v) is 13.6. The van der Waals surface area contributed by atoms with Crippen LogP contribution in [0.2, 0.25) is 0 Å². The molecule has 0 saturated carbocycles. The van der Waals surface area contributed by atoms with E-state index in [4.69, 9.17) is 4.74 Å².